The molecule has 54 heavy (non-hydrogen) atoms. The smallest absolute Gasteiger partial charge is 0.165 e. The van der Waals surface area contributed by atoms with E-state index < -0.39 is 0 Å². The number of rotatable bonds is 5. The molecule has 8 aromatic carbocycles. The number of para-hydroxylation sites is 1. The SMILES string of the molecule is c1ccc(-c2cccc(-c3nc(-c4cccc(-n5c6ccccc6c6cc7ccccc7cc65)c4)nc(-c4cccc5c4sc4ccccc45)n3)c2)cc1. The van der Waals surface area contributed by atoms with Gasteiger partial charge in [-0.2, -0.15) is 0 Å². The Kier molecular flexibility index (Phi) is 7.00. The summed E-state index contributed by atoms with van der Waals surface area (Å²) in [7, 11) is 0. The lowest BCUT2D eigenvalue weighted by atomic mass is 10.0. The molecule has 0 spiro atoms. The van der Waals surface area contributed by atoms with Crippen LogP contribution in [0.2, 0.25) is 0 Å². The fourth-order valence-corrected chi connectivity index (χ4v) is 9.08. The lowest BCUT2D eigenvalue weighted by Crippen LogP contribution is -2.01. The van der Waals surface area contributed by atoms with Crippen molar-refractivity contribution in [3.8, 4) is 51.0 Å². The molecule has 0 aliphatic carbocycles. The first-order valence-corrected chi connectivity index (χ1v) is 18.9. The van der Waals surface area contributed by atoms with Crippen molar-refractivity contribution in [1.29, 1.82) is 0 Å². The fourth-order valence-electron chi connectivity index (χ4n) is 7.86. The summed E-state index contributed by atoms with van der Waals surface area (Å²) >= 11 is 1.79. The highest BCUT2D eigenvalue weighted by atomic mass is 32.1. The van der Waals surface area contributed by atoms with E-state index in [1.54, 1.807) is 11.3 Å². The van der Waals surface area contributed by atoms with E-state index in [9.17, 15) is 0 Å². The second kappa shape index (κ2) is 12.3. The van der Waals surface area contributed by atoms with Gasteiger partial charge >= 0.3 is 0 Å². The first-order chi connectivity index (χ1) is 26.7. The molecule has 0 radical (unpaired) electrons. The summed E-state index contributed by atoms with van der Waals surface area (Å²) < 4.78 is 4.79. The van der Waals surface area contributed by atoms with E-state index in [1.807, 2.05) is 6.07 Å². The quantitative estimate of drug-likeness (QED) is 0.179. The highest BCUT2D eigenvalue weighted by Gasteiger charge is 2.19. The molecule has 0 amide bonds. The van der Waals surface area contributed by atoms with Crippen molar-refractivity contribution < 1.29 is 0 Å². The molecule has 252 valence electrons. The zero-order valence-corrected chi connectivity index (χ0v) is 29.8. The average Bonchev–Trinajstić information content (AvgIpc) is 3.78. The van der Waals surface area contributed by atoms with Gasteiger partial charge < -0.3 is 4.57 Å². The van der Waals surface area contributed by atoms with Gasteiger partial charge in [-0.3, -0.25) is 0 Å². The largest absolute Gasteiger partial charge is 0.309 e. The molecule has 11 aromatic rings. The Labute approximate surface area is 315 Å². The van der Waals surface area contributed by atoms with Gasteiger partial charge in [0.15, 0.2) is 17.5 Å². The molecular formula is C49H30N4S. The van der Waals surface area contributed by atoms with Crippen LogP contribution >= 0.6 is 11.3 Å². The van der Waals surface area contributed by atoms with E-state index in [4.69, 9.17) is 15.0 Å². The molecule has 0 fully saturated rings. The zero-order chi connectivity index (χ0) is 35.6. The van der Waals surface area contributed by atoms with Crippen LogP contribution in [0.3, 0.4) is 0 Å². The van der Waals surface area contributed by atoms with Gasteiger partial charge in [-0.25, -0.2) is 15.0 Å². The van der Waals surface area contributed by atoms with E-state index in [0.717, 1.165) is 39.0 Å². The molecule has 3 heterocycles. The van der Waals surface area contributed by atoms with Gasteiger partial charge in [-0.1, -0.05) is 133 Å². The second-order valence-electron chi connectivity index (χ2n) is 13.7. The molecule has 0 N–H and O–H groups in total. The van der Waals surface area contributed by atoms with Crippen LogP contribution in [-0.2, 0) is 0 Å². The molecular weight excluding hydrogens is 677 g/mol. The number of nitrogens with zero attached hydrogens (tertiary/aromatic N) is 4. The molecule has 0 bridgehead atoms. The Morgan fingerprint density at radius 2 is 0.981 bits per heavy atom. The third-order valence-electron chi connectivity index (χ3n) is 10.4. The van der Waals surface area contributed by atoms with E-state index >= 15 is 0 Å². The standard InChI is InChI=1S/C49H30N4S/c1-2-13-31(14-3-1)32-17-10-18-35(27-32)47-50-48(52-49(51-47)41-24-12-23-40-39-22-7-9-26-45(39)54-46(40)41)36-19-11-20-37(28-36)53-43-25-8-6-21-38(43)42-29-33-15-4-5-16-34(33)30-44(42)53/h1-30H. The molecule has 0 aliphatic rings. The van der Waals surface area contributed by atoms with Crippen molar-refractivity contribution in [1.82, 2.24) is 19.5 Å². The van der Waals surface area contributed by atoms with Crippen LogP contribution in [0.15, 0.2) is 182 Å². The van der Waals surface area contributed by atoms with E-state index in [-0.39, 0.29) is 0 Å². The van der Waals surface area contributed by atoms with Crippen LogP contribution < -0.4 is 0 Å². The summed E-state index contributed by atoms with van der Waals surface area (Å²) in [5.74, 6) is 1.93. The van der Waals surface area contributed by atoms with E-state index in [1.165, 1.54) is 47.2 Å². The number of thiophene rings is 1. The third-order valence-corrected chi connectivity index (χ3v) is 11.6. The van der Waals surface area contributed by atoms with Crippen LogP contribution in [0.1, 0.15) is 0 Å². The van der Waals surface area contributed by atoms with Crippen LogP contribution in [0.5, 0.6) is 0 Å². The normalized spacial score (nSPS) is 11.7. The lowest BCUT2D eigenvalue weighted by Gasteiger charge is -2.12. The summed E-state index contributed by atoms with van der Waals surface area (Å²) in [6.45, 7) is 0. The van der Waals surface area contributed by atoms with Gasteiger partial charge in [0.25, 0.3) is 0 Å². The van der Waals surface area contributed by atoms with Crippen molar-refractivity contribution >= 4 is 64.1 Å². The number of fused-ring (bicyclic) bond motifs is 7. The van der Waals surface area contributed by atoms with Crippen molar-refractivity contribution in [3.05, 3.63) is 182 Å². The number of aromatic nitrogens is 4. The average molecular weight is 707 g/mol. The molecule has 0 unspecified atom stereocenters. The first kappa shape index (κ1) is 30.7. The second-order valence-corrected chi connectivity index (χ2v) is 14.7. The molecule has 0 aliphatic heterocycles. The maximum atomic E-state index is 5.26. The molecule has 4 nitrogen and oxygen atoms in total. The maximum Gasteiger partial charge on any atom is 0.165 e. The Hall–Kier alpha value is -6.95. The monoisotopic (exact) mass is 706 g/mol. The van der Waals surface area contributed by atoms with Crippen molar-refractivity contribution in [2.45, 2.75) is 0 Å². The lowest BCUT2D eigenvalue weighted by molar-refractivity contribution is 1.07. The fraction of sp³-hybridized carbons (Fsp3) is 0. The molecule has 5 heteroatoms. The van der Waals surface area contributed by atoms with Gasteiger partial charge in [-0.15, -0.1) is 11.3 Å². The summed E-state index contributed by atoms with van der Waals surface area (Å²) in [5.41, 5.74) is 8.50. The van der Waals surface area contributed by atoms with Crippen molar-refractivity contribution in [2.75, 3.05) is 0 Å². The summed E-state index contributed by atoms with van der Waals surface area (Å²) in [6.07, 6.45) is 0. The Balaban J connectivity index is 1.13. The minimum atomic E-state index is 0.631. The first-order valence-electron chi connectivity index (χ1n) is 18.1. The van der Waals surface area contributed by atoms with Gasteiger partial charge in [-0.05, 0) is 70.4 Å². The predicted octanol–water partition coefficient (Wildman–Crippen LogP) is 13.2. The summed E-state index contributed by atoms with van der Waals surface area (Å²) in [5, 5.41) is 7.36. The molecule has 3 aromatic heterocycles. The van der Waals surface area contributed by atoms with Crippen LogP contribution in [0, 0.1) is 0 Å². The van der Waals surface area contributed by atoms with Crippen LogP contribution in [0.25, 0.3) is 104 Å². The molecule has 0 saturated carbocycles. The van der Waals surface area contributed by atoms with Crippen molar-refractivity contribution in [3.63, 3.8) is 0 Å². The zero-order valence-electron chi connectivity index (χ0n) is 29.0. The Morgan fingerprint density at radius 1 is 0.370 bits per heavy atom. The highest BCUT2D eigenvalue weighted by Crippen LogP contribution is 2.40. The minimum Gasteiger partial charge on any atom is -0.309 e. The number of hydrogen-bond donors (Lipinski definition) is 0. The van der Waals surface area contributed by atoms with Gasteiger partial charge in [0.1, 0.15) is 0 Å². The van der Waals surface area contributed by atoms with Gasteiger partial charge in [0.2, 0.25) is 0 Å². The van der Waals surface area contributed by atoms with Gasteiger partial charge in [0.05, 0.1) is 11.0 Å². The van der Waals surface area contributed by atoms with Crippen molar-refractivity contribution in [2.24, 2.45) is 0 Å². The highest BCUT2D eigenvalue weighted by molar-refractivity contribution is 7.26. The van der Waals surface area contributed by atoms with Crippen LogP contribution in [-0.4, -0.2) is 19.5 Å². The van der Waals surface area contributed by atoms with E-state index in [2.05, 4.69) is 180 Å². The Bertz CT molecular complexity index is 3230. The minimum absolute atomic E-state index is 0.631. The number of hydrogen-bond acceptors (Lipinski definition) is 4. The number of benzene rings is 8. The van der Waals surface area contributed by atoms with Crippen LogP contribution in [0.4, 0.5) is 0 Å². The third kappa shape index (κ3) is 5.01. The van der Waals surface area contributed by atoms with E-state index in [0.29, 0.717) is 17.5 Å². The van der Waals surface area contributed by atoms with Gasteiger partial charge in [0, 0.05) is 53.3 Å². The molecule has 0 saturated heterocycles. The molecule has 0 atom stereocenters. The summed E-state index contributed by atoms with van der Waals surface area (Å²) in [4.78, 5) is 15.7. The predicted molar refractivity (Wildman–Crippen MR) is 226 cm³/mol. The maximum absolute atomic E-state index is 5.26. The summed E-state index contributed by atoms with van der Waals surface area (Å²) in [6, 6.07) is 64.4. The topological polar surface area (TPSA) is 43.6 Å². The Morgan fingerprint density at radius 3 is 1.83 bits per heavy atom. The molecule has 11 rings (SSSR count).